The first kappa shape index (κ1) is 27.8. The zero-order valence-corrected chi connectivity index (χ0v) is 25.7. The number of fused-ring (bicyclic) bond motifs is 6. The summed E-state index contributed by atoms with van der Waals surface area (Å²) in [6.07, 6.45) is 4.14. The first-order chi connectivity index (χ1) is 21.2. The predicted octanol–water partition coefficient (Wildman–Crippen LogP) is 4.09. The van der Waals surface area contributed by atoms with Crippen LogP contribution in [0.25, 0.3) is 32.2 Å². The minimum atomic E-state index is -0.599. The first-order valence-electron chi connectivity index (χ1n) is 15.0. The van der Waals surface area contributed by atoms with Gasteiger partial charge in [-0.05, 0) is 51.5 Å². The second-order valence-electron chi connectivity index (χ2n) is 12.7. The average molecular weight is 618 g/mol. The van der Waals surface area contributed by atoms with E-state index in [0.717, 1.165) is 74.4 Å². The fraction of sp³-hybridized carbons (Fsp3) is 0.484. The van der Waals surface area contributed by atoms with Crippen molar-refractivity contribution in [1.82, 2.24) is 24.8 Å². The predicted molar refractivity (Wildman–Crippen MR) is 167 cm³/mol. The molecule has 2 bridgehead atoms. The van der Waals surface area contributed by atoms with Crippen molar-refractivity contribution in [1.29, 1.82) is 5.26 Å². The van der Waals surface area contributed by atoms with Crippen LogP contribution in [-0.2, 0) is 18.0 Å². The third-order valence-corrected chi connectivity index (χ3v) is 10.9. The van der Waals surface area contributed by atoms with Gasteiger partial charge in [-0.2, -0.15) is 10.2 Å². The van der Waals surface area contributed by atoms with E-state index in [-0.39, 0.29) is 62.7 Å². The maximum Gasteiger partial charge on any atom is 0.228 e. The molecule has 0 saturated carbocycles. The number of anilines is 3. The number of likely N-dealkylation sites (tertiary alicyclic amines) is 1. The van der Waals surface area contributed by atoms with Gasteiger partial charge in [-0.3, -0.25) is 4.98 Å². The Balaban J connectivity index is 1.42. The molecule has 0 spiro atoms. The van der Waals surface area contributed by atoms with Gasteiger partial charge >= 0.3 is 0 Å². The Morgan fingerprint density at radius 1 is 1.07 bits per heavy atom. The number of hydrogen-bond donors (Lipinski definition) is 1. The van der Waals surface area contributed by atoms with Crippen LogP contribution in [0.2, 0.25) is 0 Å². The molecule has 10 nitrogen and oxygen atoms in total. The quantitative estimate of drug-likeness (QED) is 0.360. The van der Waals surface area contributed by atoms with Crippen LogP contribution in [-0.4, -0.2) is 90.2 Å². The molecule has 1 aromatic carbocycles. The van der Waals surface area contributed by atoms with Gasteiger partial charge in [0.1, 0.15) is 22.4 Å². The Morgan fingerprint density at radius 3 is 2.52 bits per heavy atom. The highest BCUT2D eigenvalue weighted by molar-refractivity contribution is 7.23. The van der Waals surface area contributed by atoms with E-state index in [0.29, 0.717) is 22.9 Å². The molecular weight excluding hydrogens is 584 g/mol. The molecule has 3 atom stereocenters. The van der Waals surface area contributed by atoms with Crippen molar-refractivity contribution in [3.8, 4) is 17.3 Å². The number of nitriles is 1. The molecule has 2 unspecified atom stereocenters. The van der Waals surface area contributed by atoms with Crippen LogP contribution in [0.4, 0.5) is 25.5 Å². The van der Waals surface area contributed by atoms with Gasteiger partial charge in [-0.1, -0.05) is 0 Å². The number of ether oxygens (including phenoxy) is 1. The molecule has 13 heteroatoms. The van der Waals surface area contributed by atoms with Crippen molar-refractivity contribution in [2.75, 3.05) is 62.9 Å². The minimum absolute atomic E-state index is 0.101. The minimum Gasteiger partial charge on any atom is -0.389 e. The maximum atomic E-state index is 17.3. The number of nitrogen functional groups attached to an aromatic ring is 1. The Kier molecular flexibility index (Phi) is 6.43. The van der Waals surface area contributed by atoms with Crippen molar-refractivity contribution in [3.05, 3.63) is 34.5 Å². The molecule has 7 heterocycles. The van der Waals surface area contributed by atoms with E-state index in [1.807, 2.05) is 0 Å². The third kappa shape index (κ3) is 4.01. The lowest BCUT2D eigenvalue weighted by molar-refractivity contribution is 0.135. The van der Waals surface area contributed by atoms with E-state index in [1.165, 1.54) is 0 Å². The Bertz CT molecular complexity index is 1870. The van der Waals surface area contributed by atoms with Gasteiger partial charge in [0, 0.05) is 55.3 Å². The van der Waals surface area contributed by atoms with Crippen molar-refractivity contribution < 1.29 is 13.5 Å². The monoisotopic (exact) mass is 617 g/mol. The van der Waals surface area contributed by atoms with Crippen LogP contribution < -0.4 is 15.5 Å². The van der Waals surface area contributed by atoms with E-state index < -0.39 is 11.6 Å². The van der Waals surface area contributed by atoms with E-state index >= 15 is 4.39 Å². The summed E-state index contributed by atoms with van der Waals surface area (Å²) >= 11 is 0.972. The highest BCUT2D eigenvalue weighted by atomic mass is 32.1. The van der Waals surface area contributed by atoms with Crippen LogP contribution in [0.15, 0.2) is 6.20 Å². The number of thiophene rings is 1. The summed E-state index contributed by atoms with van der Waals surface area (Å²) in [6.45, 7) is 3.77. The van der Waals surface area contributed by atoms with Crippen molar-refractivity contribution in [2.45, 2.75) is 50.6 Å². The first-order valence-corrected chi connectivity index (χ1v) is 15.8. The number of rotatable bonds is 4. The van der Waals surface area contributed by atoms with Gasteiger partial charge in [0.15, 0.2) is 11.6 Å². The van der Waals surface area contributed by atoms with E-state index in [1.54, 1.807) is 0 Å². The van der Waals surface area contributed by atoms with Crippen LogP contribution in [0.5, 0.6) is 0 Å². The van der Waals surface area contributed by atoms with E-state index in [2.05, 4.69) is 51.8 Å². The highest BCUT2D eigenvalue weighted by Gasteiger charge is 2.42. The van der Waals surface area contributed by atoms with Crippen molar-refractivity contribution in [3.63, 3.8) is 0 Å². The maximum absolute atomic E-state index is 17.3. The van der Waals surface area contributed by atoms with Crippen LogP contribution in [0.1, 0.15) is 36.0 Å². The second kappa shape index (κ2) is 10.2. The Morgan fingerprint density at radius 2 is 1.82 bits per heavy atom. The number of benzene rings is 1. The molecule has 3 fully saturated rings. The zero-order chi connectivity index (χ0) is 30.4. The summed E-state index contributed by atoms with van der Waals surface area (Å²) in [5.74, 6) is 0.111. The van der Waals surface area contributed by atoms with Crippen molar-refractivity contribution >= 4 is 49.1 Å². The normalized spacial score (nSPS) is 23.4. The molecule has 4 aromatic rings. The number of hydrogen-bond acceptors (Lipinski definition) is 11. The lowest BCUT2D eigenvalue weighted by atomic mass is 9.93. The Hall–Kier alpha value is -3.70. The SMILES string of the molecule is CN1CC2CCC(C1)N2c1nc(N2CC[C@H](N(C)C)C2)nc2c(F)c(-c3ncc(F)c4sc(N)c(C#N)c34)c3c(c12)COC3. The molecule has 8 rings (SSSR count). The summed E-state index contributed by atoms with van der Waals surface area (Å²) in [6, 6.07) is 2.97. The molecule has 44 heavy (non-hydrogen) atoms. The highest BCUT2D eigenvalue weighted by Crippen LogP contribution is 2.48. The molecule has 3 saturated heterocycles. The van der Waals surface area contributed by atoms with Gasteiger partial charge in [0.05, 0.1) is 40.8 Å². The number of likely N-dealkylation sites (N-methyl/N-ethyl adjacent to an activating group) is 2. The lowest BCUT2D eigenvalue weighted by Gasteiger charge is -2.41. The second-order valence-corrected chi connectivity index (χ2v) is 13.7. The number of halogens is 2. The smallest absolute Gasteiger partial charge is 0.228 e. The summed E-state index contributed by atoms with van der Waals surface area (Å²) in [5, 5.41) is 11.0. The van der Waals surface area contributed by atoms with Gasteiger partial charge in [0.25, 0.3) is 0 Å². The van der Waals surface area contributed by atoms with Crippen LogP contribution in [0, 0.1) is 23.0 Å². The van der Waals surface area contributed by atoms with Gasteiger partial charge in [-0.15, -0.1) is 11.3 Å². The Labute approximate surface area is 257 Å². The summed E-state index contributed by atoms with van der Waals surface area (Å²) in [4.78, 5) is 23.7. The molecule has 4 aliphatic heterocycles. The molecule has 0 radical (unpaired) electrons. The number of piperazine rings is 1. The lowest BCUT2D eigenvalue weighted by Crippen LogP contribution is -2.53. The topological polar surface area (TPSA) is 111 Å². The van der Waals surface area contributed by atoms with Gasteiger partial charge < -0.3 is 30.1 Å². The summed E-state index contributed by atoms with van der Waals surface area (Å²) in [7, 11) is 6.29. The molecule has 0 aliphatic carbocycles. The van der Waals surface area contributed by atoms with Gasteiger partial charge in [0.2, 0.25) is 5.95 Å². The molecule has 4 aliphatic rings. The van der Waals surface area contributed by atoms with Crippen LogP contribution in [0.3, 0.4) is 0 Å². The van der Waals surface area contributed by atoms with E-state index in [9.17, 15) is 9.65 Å². The number of nitrogens with zero attached hydrogens (tertiary/aromatic N) is 8. The largest absolute Gasteiger partial charge is 0.389 e. The van der Waals surface area contributed by atoms with Crippen LogP contribution >= 0.6 is 11.3 Å². The fourth-order valence-electron chi connectivity index (χ4n) is 7.77. The summed E-state index contributed by atoms with van der Waals surface area (Å²) in [5.41, 5.74) is 8.27. The number of pyridine rings is 1. The fourth-order valence-corrected chi connectivity index (χ4v) is 8.69. The summed E-state index contributed by atoms with van der Waals surface area (Å²) < 4.78 is 38.4. The molecule has 3 aromatic heterocycles. The average Bonchev–Trinajstić information content (AvgIpc) is 3.79. The third-order valence-electron chi connectivity index (χ3n) is 9.90. The number of nitrogens with two attached hydrogens (primary N) is 1. The number of aromatic nitrogens is 3. The molecule has 2 N–H and O–H groups in total. The van der Waals surface area contributed by atoms with Gasteiger partial charge in [-0.25, -0.2) is 13.8 Å². The molecular formula is C31H33F2N9OS. The zero-order valence-electron chi connectivity index (χ0n) is 24.9. The molecule has 228 valence electrons. The van der Waals surface area contributed by atoms with Crippen molar-refractivity contribution in [2.24, 2.45) is 0 Å². The standard InChI is InChI=1S/C31H33F2N9OS/c1-39(2)15-6-7-41(12-15)31-37-27-24(30(38-31)42-16-4-5-17(42)11-40(3)10-16)20-14-43-13-19(20)22(25(27)33)26-23-18(8-34)29(35)44-28(23)21(32)9-36-26/h9,15-17H,4-7,10-14,35H2,1-3H3/t15-,16?,17?/m0/s1. The molecule has 0 amide bonds. The van der Waals surface area contributed by atoms with E-state index in [4.69, 9.17) is 20.4 Å².